The molecule has 4 aromatic heterocycles. The van der Waals surface area contributed by atoms with E-state index < -0.39 is 5.82 Å². The van der Waals surface area contributed by atoms with Crippen LogP contribution in [0.3, 0.4) is 0 Å². The molecule has 1 amide bonds. The quantitative estimate of drug-likeness (QED) is 0.234. The summed E-state index contributed by atoms with van der Waals surface area (Å²) in [6, 6.07) is 15.5. The number of halogens is 1. The molecule has 4 heterocycles. The Hall–Kier alpha value is -5.05. The Balaban J connectivity index is 1.43. The van der Waals surface area contributed by atoms with Crippen molar-refractivity contribution in [1.29, 1.82) is 0 Å². The van der Waals surface area contributed by atoms with Crippen molar-refractivity contribution in [1.82, 2.24) is 25.1 Å². The van der Waals surface area contributed by atoms with Crippen LogP contribution >= 0.6 is 0 Å². The molecule has 0 saturated carbocycles. The minimum absolute atomic E-state index is 0.0763. The van der Waals surface area contributed by atoms with Gasteiger partial charge >= 0.3 is 0 Å². The molecular formula is C28H21FN6O2. The third-order valence-electron chi connectivity index (χ3n) is 6.20. The van der Waals surface area contributed by atoms with E-state index in [2.05, 4.69) is 30.5 Å². The molecule has 0 aliphatic heterocycles. The number of benzene rings is 2. The lowest BCUT2D eigenvalue weighted by molar-refractivity contribution is -0.115. The fraction of sp³-hybridized carbons (Fsp3) is 0.0714. The minimum atomic E-state index is -0.539. The average molecular weight is 493 g/mol. The number of nitrogens with one attached hydrogen (secondary N) is 3. The van der Waals surface area contributed by atoms with Crippen LogP contribution in [0.4, 0.5) is 10.1 Å². The molecule has 0 aliphatic carbocycles. The van der Waals surface area contributed by atoms with Gasteiger partial charge in [-0.15, -0.1) is 0 Å². The van der Waals surface area contributed by atoms with Crippen molar-refractivity contribution in [2.75, 3.05) is 5.32 Å². The number of hydrogen-bond donors (Lipinski definition) is 4. The second-order valence-corrected chi connectivity index (χ2v) is 8.70. The average Bonchev–Trinajstić information content (AvgIpc) is 3.51. The highest BCUT2D eigenvalue weighted by Gasteiger charge is 2.16. The second-order valence-electron chi connectivity index (χ2n) is 8.70. The predicted octanol–water partition coefficient (Wildman–Crippen LogP) is 6.03. The standard InChI is InChI=1S/C28H21FN6O2/c1-2-26(37)32-19-8-17(13-30-14-19)15-3-4-24-21(10-15)28(35-34-24)25-12-22-23(33-25)5-6-31-27(22)16-7-18(29)11-20(36)9-16/h3-14,33,36H,2H2,1H3,(H,32,37)(H,34,35). The Labute approximate surface area is 210 Å². The number of aromatic amines is 2. The van der Waals surface area contributed by atoms with Crippen molar-refractivity contribution in [3.8, 4) is 39.5 Å². The Morgan fingerprint density at radius 2 is 1.81 bits per heavy atom. The molecule has 0 saturated heterocycles. The summed E-state index contributed by atoms with van der Waals surface area (Å²) in [5.74, 6) is -0.779. The summed E-state index contributed by atoms with van der Waals surface area (Å²) >= 11 is 0. The lowest BCUT2D eigenvalue weighted by Crippen LogP contribution is -2.09. The number of hydrogen-bond acceptors (Lipinski definition) is 5. The fourth-order valence-corrected chi connectivity index (χ4v) is 4.44. The number of rotatable bonds is 5. The van der Waals surface area contributed by atoms with Crippen molar-refractivity contribution in [2.24, 2.45) is 0 Å². The molecule has 6 aromatic rings. The molecule has 9 heteroatoms. The van der Waals surface area contributed by atoms with Crippen LogP contribution in [0.15, 0.2) is 73.2 Å². The third-order valence-corrected chi connectivity index (χ3v) is 6.20. The number of anilines is 1. The first kappa shape index (κ1) is 22.4. The third kappa shape index (κ3) is 4.16. The predicted molar refractivity (Wildman–Crippen MR) is 140 cm³/mol. The van der Waals surface area contributed by atoms with Gasteiger partial charge < -0.3 is 15.4 Å². The number of H-pyrrole nitrogens is 2. The van der Waals surface area contributed by atoms with E-state index in [0.717, 1.165) is 44.7 Å². The van der Waals surface area contributed by atoms with E-state index in [1.165, 1.54) is 12.1 Å². The summed E-state index contributed by atoms with van der Waals surface area (Å²) in [6.07, 6.45) is 5.39. The van der Waals surface area contributed by atoms with E-state index in [9.17, 15) is 14.3 Å². The highest BCUT2D eigenvalue weighted by molar-refractivity contribution is 6.01. The van der Waals surface area contributed by atoms with Gasteiger partial charge in [0.15, 0.2) is 0 Å². The number of carbonyl (C=O) groups excluding carboxylic acids is 1. The fourth-order valence-electron chi connectivity index (χ4n) is 4.44. The molecule has 0 unspecified atom stereocenters. The van der Waals surface area contributed by atoms with Crippen LogP contribution in [0.25, 0.3) is 55.6 Å². The topological polar surface area (TPSA) is 120 Å². The zero-order chi connectivity index (χ0) is 25.5. The van der Waals surface area contributed by atoms with Gasteiger partial charge in [-0.25, -0.2) is 4.39 Å². The Morgan fingerprint density at radius 3 is 2.65 bits per heavy atom. The molecule has 0 spiro atoms. The maximum absolute atomic E-state index is 14.0. The van der Waals surface area contributed by atoms with E-state index in [4.69, 9.17) is 0 Å². The summed E-state index contributed by atoms with van der Waals surface area (Å²) in [5, 5.41) is 22.0. The van der Waals surface area contributed by atoms with Gasteiger partial charge in [0.2, 0.25) is 5.91 Å². The molecular weight excluding hydrogens is 471 g/mol. The van der Waals surface area contributed by atoms with Crippen LogP contribution in [0.2, 0.25) is 0 Å². The van der Waals surface area contributed by atoms with Gasteiger partial charge in [-0.1, -0.05) is 13.0 Å². The van der Waals surface area contributed by atoms with Crippen LogP contribution in [0.5, 0.6) is 5.75 Å². The first-order valence-electron chi connectivity index (χ1n) is 11.7. The van der Waals surface area contributed by atoms with Crippen LogP contribution in [-0.2, 0) is 4.79 Å². The minimum Gasteiger partial charge on any atom is -0.508 e. The second kappa shape index (κ2) is 8.87. The normalized spacial score (nSPS) is 11.3. The Bertz CT molecular complexity index is 1790. The smallest absolute Gasteiger partial charge is 0.224 e. The lowest BCUT2D eigenvalue weighted by atomic mass is 10.0. The molecule has 6 rings (SSSR count). The highest BCUT2D eigenvalue weighted by atomic mass is 19.1. The molecule has 4 N–H and O–H groups in total. The van der Waals surface area contributed by atoms with Gasteiger partial charge in [0, 0.05) is 52.3 Å². The van der Waals surface area contributed by atoms with Crippen molar-refractivity contribution < 1.29 is 14.3 Å². The van der Waals surface area contributed by atoms with Gasteiger partial charge in [-0.3, -0.25) is 19.9 Å². The number of carbonyl (C=O) groups is 1. The summed E-state index contributed by atoms with van der Waals surface area (Å²) < 4.78 is 14.0. The van der Waals surface area contributed by atoms with Gasteiger partial charge in [0.05, 0.1) is 28.8 Å². The SMILES string of the molecule is CCC(=O)Nc1cncc(-c2ccc3[nH]nc(-c4cc5c(-c6cc(O)cc(F)c6)nccc5[nH]4)c3c2)c1. The number of phenolic OH excluding ortho intramolecular Hbond substituents is 1. The summed E-state index contributed by atoms with van der Waals surface area (Å²) in [4.78, 5) is 23.9. The van der Waals surface area contributed by atoms with Crippen molar-refractivity contribution in [3.63, 3.8) is 0 Å². The molecule has 0 radical (unpaired) electrons. The number of aromatic nitrogens is 5. The zero-order valence-electron chi connectivity index (χ0n) is 19.7. The maximum atomic E-state index is 14.0. The monoisotopic (exact) mass is 492 g/mol. The van der Waals surface area contributed by atoms with Gasteiger partial charge in [-0.2, -0.15) is 5.10 Å². The number of fused-ring (bicyclic) bond motifs is 2. The number of pyridine rings is 2. The van der Waals surface area contributed by atoms with E-state index in [0.29, 0.717) is 29.1 Å². The molecule has 0 bridgehead atoms. The molecule has 0 atom stereocenters. The van der Waals surface area contributed by atoms with Crippen molar-refractivity contribution in [3.05, 3.63) is 79.0 Å². The van der Waals surface area contributed by atoms with E-state index in [1.807, 2.05) is 36.4 Å². The molecule has 2 aromatic carbocycles. The number of nitrogens with zero attached hydrogens (tertiary/aromatic N) is 3. The maximum Gasteiger partial charge on any atom is 0.224 e. The summed E-state index contributed by atoms with van der Waals surface area (Å²) in [6.45, 7) is 1.80. The largest absolute Gasteiger partial charge is 0.508 e. The van der Waals surface area contributed by atoms with Crippen LogP contribution in [0, 0.1) is 5.82 Å². The zero-order valence-corrected chi connectivity index (χ0v) is 19.7. The van der Waals surface area contributed by atoms with Gasteiger partial charge in [0.25, 0.3) is 0 Å². The summed E-state index contributed by atoms with van der Waals surface area (Å²) in [7, 11) is 0. The van der Waals surface area contributed by atoms with Crippen LogP contribution < -0.4 is 5.32 Å². The van der Waals surface area contributed by atoms with Crippen molar-refractivity contribution in [2.45, 2.75) is 13.3 Å². The first-order chi connectivity index (χ1) is 18.0. The molecule has 0 fully saturated rings. The molecule has 182 valence electrons. The Morgan fingerprint density at radius 1 is 0.946 bits per heavy atom. The molecule has 0 aliphatic rings. The molecule has 37 heavy (non-hydrogen) atoms. The summed E-state index contributed by atoms with van der Waals surface area (Å²) in [5.41, 5.74) is 6.57. The van der Waals surface area contributed by atoms with Gasteiger partial charge in [-0.05, 0) is 48.0 Å². The number of phenols is 1. The first-order valence-corrected chi connectivity index (χ1v) is 11.7. The van der Waals surface area contributed by atoms with E-state index >= 15 is 0 Å². The number of aromatic hydroxyl groups is 1. The van der Waals surface area contributed by atoms with E-state index in [1.54, 1.807) is 25.5 Å². The Kier molecular flexibility index (Phi) is 5.37. The molecule has 8 nitrogen and oxygen atoms in total. The van der Waals surface area contributed by atoms with Gasteiger partial charge in [0.1, 0.15) is 17.3 Å². The number of amides is 1. The van der Waals surface area contributed by atoms with Crippen LogP contribution in [0.1, 0.15) is 13.3 Å². The van der Waals surface area contributed by atoms with Crippen molar-refractivity contribution >= 4 is 33.4 Å². The highest BCUT2D eigenvalue weighted by Crippen LogP contribution is 2.35. The van der Waals surface area contributed by atoms with Crippen LogP contribution in [-0.4, -0.2) is 36.2 Å². The lowest BCUT2D eigenvalue weighted by Gasteiger charge is -2.06. The van der Waals surface area contributed by atoms with E-state index in [-0.39, 0.29) is 11.7 Å².